The van der Waals surface area contributed by atoms with E-state index in [1.165, 1.54) is 44.3 Å². The zero-order valence-electron chi connectivity index (χ0n) is 15.4. The summed E-state index contributed by atoms with van der Waals surface area (Å²) in [7, 11) is 0. The summed E-state index contributed by atoms with van der Waals surface area (Å²) in [6, 6.07) is 12.1. The van der Waals surface area contributed by atoms with Gasteiger partial charge in [-0.2, -0.15) is 0 Å². The number of nitrogens with one attached hydrogen (secondary N) is 1. The first-order valence-electron chi connectivity index (χ1n) is 8.43. The van der Waals surface area contributed by atoms with Crippen molar-refractivity contribution in [1.82, 2.24) is 0 Å². The molecule has 0 aromatic heterocycles. The molecule has 0 bridgehead atoms. The molecule has 0 radical (unpaired) electrons. The lowest BCUT2D eigenvalue weighted by Crippen LogP contribution is -2.42. The fourth-order valence-electron chi connectivity index (χ4n) is 2.63. The largest absolute Gasteiger partial charge is 0.573 e. The first kappa shape index (κ1) is 20.2. The minimum absolute atomic E-state index is 0.312. The van der Waals surface area contributed by atoms with Crippen molar-refractivity contribution in [3.05, 3.63) is 60.3 Å². The number of benzene rings is 2. The van der Waals surface area contributed by atoms with Crippen molar-refractivity contribution in [2.75, 3.05) is 5.32 Å². The van der Waals surface area contributed by atoms with Crippen molar-refractivity contribution in [3.63, 3.8) is 0 Å². The number of alkyl halides is 3. The highest BCUT2D eigenvalue weighted by Gasteiger charge is 2.39. The Morgan fingerprint density at radius 2 is 1.55 bits per heavy atom. The van der Waals surface area contributed by atoms with Crippen LogP contribution in [0.25, 0.3) is 11.1 Å². The number of esters is 2. The third-order valence-corrected chi connectivity index (χ3v) is 3.81. The standard InChI is InChI=1S/C20H16F3NO5/c1-19(2)28-17(25)15(18(26)29-19)11-24-16-6-4-3-5-14(16)12-7-9-13(10-8-12)27-20(21,22)23/h3-11,24H,1-2H3. The Morgan fingerprint density at radius 1 is 0.966 bits per heavy atom. The Balaban J connectivity index is 1.83. The number of ether oxygens (including phenoxy) is 3. The van der Waals surface area contributed by atoms with Gasteiger partial charge in [0.15, 0.2) is 5.57 Å². The van der Waals surface area contributed by atoms with E-state index in [0.717, 1.165) is 0 Å². The highest BCUT2D eigenvalue weighted by atomic mass is 19.4. The maximum atomic E-state index is 12.3. The van der Waals surface area contributed by atoms with E-state index in [2.05, 4.69) is 10.1 Å². The number of hydrogen-bond donors (Lipinski definition) is 1. The summed E-state index contributed by atoms with van der Waals surface area (Å²) in [5.74, 6) is -3.34. The van der Waals surface area contributed by atoms with Crippen LogP contribution in [0.5, 0.6) is 5.75 Å². The van der Waals surface area contributed by atoms with Crippen LogP contribution in [0, 0.1) is 0 Å². The molecule has 1 saturated heterocycles. The molecule has 6 nitrogen and oxygen atoms in total. The highest BCUT2D eigenvalue weighted by Crippen LogP contribution is 2.31. The summed E-state index contributed by atoms with van der Waals surface area (Å²) >= 11 is 0. The monoisotopic (exact) mass is 407 g/mol. The zero-order chi connectivity index (χ0) is 21.2. The summed E-state index contributed by atoms with van der Waals surface area (Å²) in [6.07, 6.45) is -3.61. The van der Waals surface area contributed by atoms with E-state index < -0.39 is 24.1 Å². The van der Waals surface area contributed by atoms with Crippen molar-refractivity contribution in [2.24, 2.45) is 0 Å². The molecule has 9 heteroatoms. The predicted octanol–water partition coefficient (Wildman–Crippen LogP) is 4.38. The van der Waals surface area contributed by atoms with Gasteiger partial charge in [0, 0.05) is 31.3 Å². The summed E-state index contributed by atoms with van der Waals surface area (Å²) in [5.41, 5.74) is 1.42. The fraction of sp³-hybridized carbons (Fsp3) is 0.200. The van der Waals surface area contributed by atoms with Gasteiger partial charge in [-0.1, -0.05) is 30.3 Å². The average Bonchev–Trinajstić information content (AvgIpc) is 2.60. The van der Waals surface area contributed by atoms with Gasteiger partial charge in [-0.25, -0.2) is 9.59 Å². The van der Waals surface area contributed by atoms with Gasteiger partial charge in [-0.05, 0) is 23.8 Å². The van der Waals surface area contributed by atoms with Crippen LogP contribution in [0.1, 0.15) is 13.8 Å². The normalized spacial score (nSPS) is 16.0. The third-order valence-electron chi connectivity index (χ3n) is 3.81. The summed E-state index contributed by atoms with van der Waals surface area (Å²) in [4.78, 5) is 24.0. The molecular weight excluding hydrogens is 391 g/mol. The number of hydrogen-bond acceptors (Lipinski definition) is 6. The minimum Gasteiger partial charge on any atom is -0.419 e. The number of halogens is 3. The van der Waals surface area contributed by atoms with E-state index in [1.807, 2.05) is 0 Å². The van der Waals surface area contributed by atoms with Gasteiger partial charge in [0.05, 0.1) is 0 Å². The molecule has 0 saturated carbocycles. The Bertz CT molecular complexity index is 943. The minimum atomic E-state index is -4.77. The molecule has 0 aliphatic carbocycles. The summed E-state index contributed by atoms with van der Waals surface area (Å²) < 4.78 is 50.8. The lowest BCUT2D eigenvalue weighted by molar-refractivity contribution is -0.274. The molecule has 1 aliphatic rings. The number of anilines is 1. The van der Waals surface area contributed by atoms with Crippen LogP contribution in [0.15, 0.2) is 60.3 Å². The quantitative estimate of drug-likeness (QED) is 0.461. The Morgan fingerprint density at radius 3 is 2.14 bits per heavy atom. The first-order chi connectivity index (χ1) is 13.5. The number of para-hydroxylation sites is 1. The van der Waals surface area contributed by atoms with E-state index >= 15 is 0 Å². The topological polar surface area (TPSA) is 73.9 Å². The second-order valence-electron chi connectivity index (χ2n) is 6.50. The van der Waals surface area contributed by atoms with Gasteiger partial charge in [-0.15, -0.1) is 13.2 Å². The van der Waals surface area contributed by atoms with E-state index in [1.54, 1.807) is 24.3 Å². The fourth-order valence-corrected chi connectivity index (χ4v) is 2.63. The van der Waals surface area contributed by atoms with E-state index in [4.69, 9.17) is 9.47 Å². The molecule has 1 fully saturated rings. The average molecular weight is 407 g/mol. The number of cyclic esters (lactones) is 2. The van der Waals surface area contributed by atoms with Crippen LogP contribution in [0.3, 0.4) is 0 Å². The molecule has 1 heterocycles. The molecule has 0 amide bonds. The maximum absolute atomic E-state index is 12.3. The lowest BCUT2D eigenvalue weighted by Gasteiger charge is -2.29. The molecule has 3 rings (SSSR count). The molecule has 1 N–H and O–H groups in total. The second-order valence-corrected chi connectivity index (χ2v) is 6.50. The number of carbonyl (C=O) groups excluding carboxylic acids is 2. The molecule has 29 heavy (non-hydrogen) atoms. The van der Waals surface area contributed by atoms with Crippen LogP contribution >= 0.6 is 0 Å². The van der Waals surface area contributed by atoms with E-state index in [9.17, 15) is 22.8 Å². The zero-order valence-corrected chi connectivity index (χ0v) is 15.4. The van der Waals surface area contributed by atoms with Gasteiger partial charge in [-0.3, -0.25) is 0 Å². The lowest BCUT2D eigenvalue weighted by atomic mass is 10.0. The van der Waals surface area contributed by atoms with Gasteiger partial charge in [0.25, 0.3) is 5.79 Å². The predicted molar refractivity (Wildman–Crippen MR) is 96.5 cm³/mol. The van der Waals surface area contributed by atoms with Gasteiger partial charge >= 0.3 is 18.3 Å². The van der Waals surface area contributed by atoms with Crippen LogP contribution in [-0.4, -0.2) is 24.1 Å². The van der Waals surface area contributed by atoms with Gasteiger partial charge in [0.2, 0.25) is 0 Å². The second kappa shape index (κ2) is 7.50. The molecule has 2 aromatic rings. The summed E-state index contributed by atoms with van der Waals surface area (Å²) in [6.45, 7) is 2.88. The van der Waals surface area contributed by atoms with Crippen LogP contribution in [0.4, 0.5) is 18.9 Å². The van der Waals surface area contributed by atoms with E-state index in [-0.39, 0.29) is 11.3 Å². The SMILES string of the molecule is CC1(C)OC(=O)C(=CNc2ccccc2-c2ccc(OC(F)(F)F)cc2)C(=O)O1. The Kier molecular flexibility index (Phi) is 5.23. The number of rotatable bonds is 4. The summed E-state index contributed by atoms with van der Waals surface area (Å²) in [5, 5.41) is 2.85. The number of carbonyl (C=O) groups is 2. The molecule has 0 spiro atoms. The Hall–Kier alpha value is -3.49. The highest BCUT2D eigenvalue weighted by molar-refractivity contribution is 6.15. The smallest absolute Gasteiger partial charge is 0.419 e. The molecular formula is C20H16F3NO5. The van der Waals surface area contributed by atoms with Gasteiger partial charge < -0.3 is 19.5 Å². The van der Waals surface area contributed by atoms with Crippen molar-refractivity contribution < 1.29 is 37.0 Å². The van der Waals surface area contributed by atoms with Crippen molar-refractivity contribution in [1.29, 1.82) is 0 Å². The van der Waals surface area contributed by atoms with Crippen molar-refractivity contribution in [2.45, 2.75) is 26.0 Å². The maximum Gasteiger partial charge on any atom is 0.573 e. The molecule has 152 valence electrons. The van der Waals surface area contributed by atoms with Crippen LogP contribution in [0.2, 0.25) is 0 Å². The first-order valence-corrected chi connectivity index (χ1v) is 8.43. The molecule has 0 unspecified atom stereocenters. The van der Waals surface area contributed by atoms with Crippen molar-refractivity contribution in [3.8, 4) is 16.9 Å². The van der Waals surface area contributed by atoms with Crippen molar-refractivity contribution >= 4 is 17.6 Å². The van der Waals surface area contributed by atoms with Crippen LogP contribution < -0.4 is 10.1 Å². The van der Waals surface area contributed by atoms with Gasteiger partial charge in [0.1, 0.15) is 5.75 Å². The third kappa shape index (κ3) is 5.07. The molecule has 0 atom stereocenters. The molecule has 2 aromatic carbocycles. The molecule has 1 aliphatic heterocycles. The van der Waals surface area contributed by atoms with E-state index in [0.29, 0.717) is 16.8 Å². The Labute approximate surface area is 163 Å². The van der Waals surface area contributed by atoms with Crippen LogP contribution in [-0.2, 0) is 19.1 Å².